The molecule has 5 nitrogen and oxygen atoms in total. The zero-order chi connectivity index (χ0) is 20.8. The van der Waals surface area contributed by atoms with Crippen molar-refractivity contribution < 1.29 is 9.59 Å². The van der Waals surface area contributed by atoms with Crippen molar-refractivity contribution in [1.82, 2.24) is 10.2 Å². The van der Waals surface area contributed by atoms with E-state index in [4.69, 9.17) is 11.6 Å². The number of rotatable bonds is 6. The molecule has 29 heavy (non-hydrogen) atoms. The first-order chi connectivity index (χ1) is 14.0. The number of halogens is 1. The predicted molar refractivity (Wildman–Crippen MR) is 117 cm³/mol. The van der Waals surface area contributed by atoms with Crippen molar-refractivity contribution in [3.63, 3.8) is 0 Å². The second kappa shape index (κ2) is 9.79. The van der Waals surface area contributed by atoms with Crippen molar-refractivity contribution in [2.24, 2.45) is 5.92 Å². The molecule has 6 heteroatoms. The van der Waals surface area contributed by atoms with Crippen molar-refractivity contribution in [1.29, 1.82) is 0 Å². The lowest BCUT2D eigenvalue weighted by atomic mass is 9.97. The van der Waals surface area contributed by atoms with Gasteiger partial charge in [-0.25, -0.2) is 0 Å². The molecule has 2 aromatic carbocycles. The first-order valence-electron chi connectivity index (χ1n) is 10.1. The lowest BCUT2D eigenvalue weighted by Gasteiger charge is -2.38. The summed E-state index contributed by atoms with van der Waals surface area (Å²) in [6.45, 7) is 6.91. The van der Waals surface area contributed by atoms with Crippen LogP contribution >= 0.6 is 11.6 Å². The maximum Gasteiger partial charge on any atom is 0.251 e. The van der Waals surface area contributed by atoms with Gasteiger partial charge in [0, 0.05) is 42.5 Å². The van der Waals surface area contributed by atoms with Crippen LogP contribution in [0.2, 0.25) is 5.02 Å². The average Bonchev–Trinajstić information content (AvgIpc) is 2.77. The van der Waals surface area contributed by atoms with E-state index in [2.05, 4.69) is 22.3 Å². The molecule has 1 aliphatic heterocycles. The summed E-state index contributed by atoms with van der Waals surface area (Å²) in [5.74, 6) is -0.205. The van der Waals surface area contributed by atoms with Crippen LogP contribution in [0.3, 0.4) is 0 Å². The molecule has 2 atom stereocenters. The number of carbonyl (C=O) groups is 2. The van der Waals surface area contributed by atoms with Crippen molar-refractivity contribution in [2.75, 3.05) is 31.1 Å². The van der Waals surface area contributed by atoms with Gasteiger partial charge in [0.25, 0.3) is 5.91 Å². The molecule has 2 unspecified atom stereocenters. The van der Waals surface area contributed by atoms with Gasteiger partial charge in [0.05, 0.1) is 0 Å². The molecule has 2 aromatic rings. The first-order valence-corrected chi connectivity index (χ1v) is 10.5. The summed E-state index contributed by atoms with van der Waals surface area (Å²) >= 11 is 5.91. The predicted octanol–water partition coefficient (Wildman–Crippen LogP) is 3.83. The number of para-hydroxylation sites is 1. The summed E-state index contributed by atoms with van der Waals surface area (Å²) in [6.07, 6.45) is 0.807. The van der Waals surface area contributed by atoms with Gasteiger partial charge in [0.15, 0.2) is 0 Å². The molecule has 1 N–H and O–H groups in total. The summed E-state index contributed by atoms with van der Waals surface area (Å²) < 4.78 is 0. The second-order valence-electron chi connectivity index (χ2n) is 7.49. The van der Waals surface area contributed by atoms with Gasteiger partial charge in [-0.2, -0.15) is 0 Å². The van der Waals surface area contributed by atoms with E-state index in [0.717, 1.165) is 19.5 Å². The van der Waals surface area contributed by atoms with Crippen LogP contribution in [0.25, 0.3) is 0 Å². The number of anilines is 1. The van der Waals surface area contributed by atoms with Crippen LogP contribution in [-0.4, -0.2) is 48.9 Å². The van der Waals surface area contributed by atoms with Crippen LogP contribution in [0, 0.1) is 5.92 Å². The number of hydrogen-bond acceptors (Lipinski definition) is 3. The molecule has 0 bridgehead atoms. The molecule has 0 aromatic heterocycles. The number of amides is 2. The third kappa shape index (κ3) is 5.30. The Morgan fingerprint density at radius 2 is 1.62 bits per heavy atom. The SMILES string of the molecule is CCC(C)C(NC(=O)c1ccc(Cl)cc1)C(=O)N1CCN(c2ccccc2)CC1. The van der Waals surface area contributed by atoms with Gasteiger partial charge in [-0.05, 0) is 42.3 Å². The van der Waals surface area contributed by atoms with Crippen LogP contribution in [0.1, 0.15) is 30.6 Å². The molecule has 1 fully saturated rings. The van der Waals surface area contributed by atoms with Crippen molar-refractivity contribution >= 4 is 29.1 Å². The second-order valence-corrected chi connectivity index (χ2v) is 7.93. The largest absolute Gasteiger partial charge is 0.368 e. The number of nitrogens with one attached hydrogen (secondary N) is 1. The van der Waals surface area contributed by atoms with E-state index in [-0.39, 0.29) is 17.7 Å². The number of hydrogen-bond donors (Lipinski definition) is 1. The smallest absolute Gasteiger partial charge is 0.251 e. The zero-order valence-corrected chi connectivity index (χ0v) is 17.7. The molecule has 1 saturated heterocycles. The Labute approximate surface area is 177 Å². The van der Waals surface area contributed by atoms with Crippen molar-refractivity contribution in [3.8, 4) is 0 Å². The molecular formula is C23H28ClN3O2. The van der Waals surface area contributed by atoms with Crippen molar-refractivity contribution in [3.05, 3.63) is 65.2 Å². The summed E-state index contributed by atoms with van der Waals surface area (Å²) in [7, 11) is 0. The fourth-order valence-electron chi connectivity index (χ4n) is 3.53. The Bertz CT molecular complexity index is 818. The fourth-order valence-corrected chi connectivity index (χ4v) is 3.66. The van der Waals surface area contributed by atoms with E-state index in [1.165, 1.54) is 5.69 Å². The van der Waals surface area contributed by atoms with Crippen LogP contribution in [0.4, 0.5) is 5.69 Å². The van der Waals surface area contributed by atoms with Gasteiger partial charge in [0.2, 0.25) is 5.91 Å². The van der Waals surface area contributed by atoms with E-state index in [1.54, 1.807) is 24.3 Å². The van der Waals surface area contributed by atoms with Crippen molar-refractivity contribution in [2.45, 2.75) is 26.3 Å². The Morgan fingerprint density at radius 1 is 1.00 bits per heavy atom. The number of nitrogens with zero attached hydrogens (tertiary/aromatic N) is 2. The Morgan fingerprint density at radius 3 is 2.21 bits per heavy atom. The van der Waals surface area contributed by atoms with Gasteiger partial charge in [-0.1, -0.05) is 50.1 Å². The molecule has 0 aliphatic carbocycles. The van der Waals surface area contributed by atoms with Crippen LogP contribution in [0.5, 0.6) is 0 Å². The standard InChI is InChI=1S/C23H28ClN3O2/c1-3-17(2)21(25-22(28)18-9-11-19(24)12-10-18)23(29)27-15-13-26(14-16-27)20-7-5-4-6-8-20/h4-12,17,21H,3,13-16H2,1-2H3,(H,25,28). The van der Waals surface area contributed by atoms with E-state index in [1.807, 2.05) is 36.9 Å². The van der Waals surface area contributed by atoms with Gasteiger partial charge in [-0.15, -0.1) is 0 Å². The highest BCUT2D eigenvalue weighted by Gasteiger charge is 2.32. The minimum atomic E-state index is -0.536. The Balaban J connectivity index is 1.65. The van der Waals surface area contributed by atoms with Crippen LogP contribution in [0.15, 0.2) is 54.6 Å². The lowest BCUT2D eigenvalue weighted by molar-refractivity contribution is -0.134. The Kier molecular flexibility index (Phi) is 7.15. The molecule has 2 amide bonds. The number of piperazine rings is 1. The third-order valence-electron chi connectivity index (χ3n) is 5.58. The molecule has 3 rings (SSSR count). The molecule has 0 spiro atoms. The maximum absolute atomic E-state index is 13.2. The maximum atomic E-state index is 13.2. The van der Waals surface area contributed by atoms with Gasteiger partial charge < -0.3 is 15.1 Å². The van der Waals surface area contributed by atoms with E-state index >= 15 is 0 Å². The van der Waals surface area contributed by atoms with E-state index < -0.39 is 6.04 Å². The third-order valence-corrected chi connectivity index (χ3v) is 5.84. The summed E-state index contributed by atoms with van der Waals surface area (Å²) in [4.78, 5) is 30.1. The normalized spacial score (nSPS) is 16.2. The quantitative estimate of drug-likeness (QED) is 0.782. The fraction of sp³-hybridized carbons (Fsp3) is 0.391. The van der Waals surface area contributed by atoms with E-state index in [9.17, 15) is 9.59 Å². The van der Waals surface area contributed by atoms with Crippen LogP contribution in [-0.2, 0) is 4.79 Å². The average molecular weight is 414 g/mol. The minimum absolute atomic E-state index is 0.00521. The summed E-state index contributed by atoms with van der Waals surface area (Å²) in [5, 5.41) is 3.53. The highest BCUT2D eigenvalue weighted by molar-refractivity contribution is 6.30. The molecule has 1 aliphatic rings. The highest BCUT2D eigenvalue weighted by Crippen LogP contribution is 2.18. The number of benzene rings is 2. The summed E-state index contributed by atoms with van der Waals surface area (Å²) in [5.41, 5.74) is 1.68. The van der Waals surface area contributed by atoms with Crippen LogP contribution < -0.4 is 10.2 Å². The molecule has 0 radical (unpaired) electrons. The van der Waals surface area contributed by atoms with E-state index in [0.29, 0.717) is 23.7 Å². The number of carbonyl (C=O) groups excluding carboxylic acids is 2. The molecule has 1 heterocycles. The van der Waals surface area contributed by atoms with Gasteiger partial charge in [-0.3, -0.25) is 9.59 Å². The zero-order valence-electron chi connectivity index (χ0n) is 17.0. The minimum Gasteiger partial charge on any atom is -0.368 e. The van der Waals surface area contributed by atoms with Gasteiger partial charge in [0.1, 0.15) is 6.04 Å². The molecular weight excluding hydrogens is 386 g/mol. The topological polar surface area (TPSA) is 52.7 Å². The monoisotopic (exact) mass is 413 g/mol. The first kappa shape index (κ1) is 21.2. The summed E-state index contributed by atoms with van der Waals surface area (Å²) in [6, 6.07) is 16.4. The lowest BCUT2D eigenvalue weighted by Crippen LogP contribution is -2.56. The molecule has 0 saturated carbocycles. The Hall–Kier alpha value is -2.53. The van der Waals surface area contributed by atoms with Gasteiger partial charge >= 0.3 is 0 Å². The highest BCUT2D eigenvalue weighted by atomic mass is 35.5. The molecule has 154 valence electrons.